The van der Waals surface area contributed by atoms with E-state index in [0.29, 0.717) is 11.4 Å². The average Bonchev–Trinajstić information content (AvgIpc) is 2.32. The molecule has 0 fully saturated rings. The van der Waals surface area contributed by atoms with Crippen LogP contribution in [0.25, 0.3) is 0 Å². The van der Waals surface area contributed by atoms with Crippen molar-refractivity contribution in [3.63, 3.8) is 0 Å². The van der Waals surface area contributed by atoms with Gasteiger partial charge in [-0.2, -0.15) is 10.4 Å². The van der Waals surface area contributed by atoms with Crippen molar-refractivity contribution in [2.45, 2.75) is 26.9 Å². The Morgan fingerprint density at radius 2 is 2.21 bits per heavy atom. The van der Waals surface area contributed by atoms with Crippen LogP contribution in [0.4, 0.5) is 5.69 Å². The maximum absolute atomic E-state index is 8.77. The molecule has 0 spiro atoms. The van der Waals surface area contributed by atoms with Gasteiger partial charge in [0.05, 0.1) is 11.8 Å². The second-order valence-electron chi connectivity index (χ2n) is 4.26. The van der Waals surface area contributed by atoms with Gasteiger partial charge in [0.25, 0.3) is 0 Å². The summed E-state index contributed by atoms with van der Waals surface area (Å²) in [5, 5.41) is 19.7. The fourth-order valence-corrected chi connectivity index (χ4v) is 1.35. The number of rotatable bonds is 5. The first-order chi connectivity index (χ1) is 8.93. The Morgan fingerprint density at radius 3 is 2.74 bits per heavy atom. The minimum absolute atomic E-state index is 0.0236. The zero-order chi connectivity index (χ0) is 14.4. The molecule has 0 amide bonds. The van der Waals surface area contributed by atoms with Gasteiger partial charge in [0.15, 0.2) is 5.84 Å². The van der Waals surface area contributed by atoms with Gasteiger partial charge >= 0.3 is 0 Å². The Hall–Kier alpha value is -2.55. The molecule has 1 aromatic carbocycles. The van der Waals surface area contributed by atoms with Crippen LogP contribution in [0.2, 0.25) is 0 Å². The normalized spacial score (nSPS) is 11.0. The number of aryl methyl sites for hydroxylation is 1. The van der Waals surface area contributed by atoms with E-state index in [1.165, 1.54) is 0 Å². The van der Waals surface area contributed by atoms with Gasteiger partial charge in [-0.15, -0.1) is 0 Å². The minimum Gasteiger partial charge on any atom is -0.489 e. The lowest BCUT2D eigenvalue weighted by Crippen LogP contribution is -2.22. The molecular formula is C13H17N5O. The zero-order valence-electron chi connectivity index (χ0n) is 11.2. The van der Waals surface area contributed by atoms with Gasteiger partial charge < -0.3 is 10.5 Å². The molecule has 0 aliphatic rings. The van der Waals surface area contributed by atoms with Crippen molar-refractivity contribution in [1.29, 1.82) is 10.7 Å². The van der Waals surface area contributed by atoms with Crippen LogP contribution in [0.3, 0.4) is 0 Å². The van der Waals surface area contributed by atoms with E-state index in [4.69, 9.17) is 21.1 Å². The predicted octanol–water partition coefficient (Wildman–Crippen LogP) is 2.01. The van der Waals surface area contributed by atoms with E-state index in [1.54, 1.807) is 6.07 Å². The van der Waals surface area contributed by atoms with E-state index in [2.05, 4.69) is 10.5 Å². The Bertz CT molecular complexity index is 542. The van der Waals surface area contributed by atoms with E-state index in [1.807, 2.05) is 39.0 Å². The maximum atomic E-state index is 8.77. The standard InChI is InChI=1S/C13H17N5O/c1-8(2)19-12-5-4-9(3)6-10(12)17-18-11(7-14)13(15)16/h4-6,8,17H,1-3H3,(H3,15,16)/b18-11+. The largest absolute Gasteiger partial charge is 0.489 e. The molecule has 0 unspecified atom stereocenters. The second-order valence-corrected chi connectivity index (χ2v) is 4.26. The third-order valence-electron chi connectivity index (χ3n) is 2.15. The molecule has 0 saturated carbocycles. The lowest BCUT2D eigenvalue weighted by Gasteiger charge is -2.14. The van der Waals surface area contributed by atoms with E-state index < -0.39 is 0 Å². The fraction of sp³-hybridized carbons (Fsp3) is 0.308. The highest BCUT2D eigenvalue weighted by Gasteiger charge is 2.07. The van der Waals surface area contributed by atoms with Crippen molar-refractivity contribution < 1.29 is 4.74 Å². The van der Waals surface area contributed by atoms with Gasteiger partial charge in [-0.3, -0.25) is 10.8 Å². The monoisotopic (exact) mass is 259 g/mol. The zero-order valence-corrected chi connectivity index (χ0v) is 11.2. The molecule has 0 aromatic heterocycles. The summed E-state index contributed by atoms with van der Waals surface area (Å²) in [5.74, 6) is 0.249. The summed E-state index contributed by atoms with van der Waals surface area (Å²) < 4.78 is 5.63. The SMILES string of the molecule is Cc1ccc(OC(C)C)c(N/N=C(\C#N)C(=N)N)c1. The lowest BCUT2D eigenvalue weighted by molar-refractivity contribution is 0.243. The highest BCUT2D eigenvalue weighted by atomic mass is 16.5. The van der Waals surface area contributed by atoms with E-state index in [9.17, 15) is 0 Å². The number of nitrogens with zero attached hydrogens (tertiary/aromatic N) is 2. The number of benzene rings is 1. The third kappa shape index (κ3) is 4.32. The number of nitrogens with one attached hydrogen (secondary N) is 2. The van der Waals surface area contributed by atoms with Crippen molar-refractivity contribution in [1.82, 2.24) is 0 Å². The van der Waals surface area contributed by atoms with Gasteiger partial charge in [0.1, 0.15) is 11.8 Å². The first kappa shape index (κ1) is 14.5. The van der Waals surface area contributed by atoms with Crippen LogP contribution in [0.5, 0.6) is 5.75 Å². The van der Waals surface area contributed by atoms with Crippen LogP contribution in [0, 0.1) is 23.7 Å². The summed E-state index contributed by atoms with van der Waals surface area (Å²) >= 11 is 0. The third-order valence-corrected chi connectivity index (χ3v) is 2.15. The first-order valence-electron chi connectivity index (χ1n) is 5.79. The van der Waals surface area contributed by atoms with Gasteiger partial charge in [0.2, 0.25) is 5.71 Å². The fourth-order valence-electron chi connectivity index (χ4n) is 1.35. The van der Waals surface area contributed by atoms with Gasteiger partial charge in [-0.05, 0) is 38.5 Å². The number of ether oxygens (including phenoxy) is 1. The number of anilines is 1. The molecule has 0 aliphatic carbocycles. The summed E-state index contributed by atoms with van der Waals surface area (Å²) in [6.45, 7) is 5.77. The molecule has 4 N–H and O–H groups in total. The highest BCUT2D eigenvalue weighted by Crippen LogP contribution is 2.26. The first-order valence-corrected chi connectivity index (χ1v) is 5.79. The minimum atomic E-state index is -0.381. The van der Waals surface area contributed by atoms with Crippen LogP contribution in [0.1, 0.15) is 19.4 Å². The van der Waals surface area contributed by atoms with Crippen molar-refractivity contribution in [3.8, 4) is 11.8 Å². The Kier molecular flexibility index (Phi) is 4.89. The molecule has 0 bridgehead atoms. The van der Waals surface area contributed by atoms with Crippen LogP contribution >= 0.6 is 0 Å². The summed E-state index contributed by atoms with van der Waals surface area (Å²) in [6.07, 6.45) is 0.0236. The second kappa shape index (κ2) is 6.40. The van der Waals surface area contributed by atoms with Crippen LogP contribution in [0.15, 0.2) is 23.3 Å². The van der Waals surface area contributed by atoms with Crippen LogP contribution < -0.4 is 15.9 Å². The van der Waals surface area contributed by atoms with Crippen LogP contribution in [-0.2, 0) is 0 Å². The summed E-state index contributed by atoms with van der Waals surface area (Å²) in [6, 6.07) is 7.33. The van der Waals surface area contributed by atoms with Crippen molar-refractivity contribution >= 4 is 17.2 Å². The number of nitrogens with two attached hydrogens (primary N) is 1. The molecule has 19 heavy (non-hydrogen) atoms. The summed E-state index contributed by atoms with van der Waals surface area (Å²) in [5.41, 5.74) is 9.41. The highest BCUT2D eigenvalue weighted by molar-refractivity contribution is 6.45. The van der Waals surface area contributed by atoms with Gasteiger partial charge in [0, 0.05) is 0 Å². The quantitative estimate of drug-likeness (QED) is 0.427. The summed E-state index contributed by atoms with van der Waals surface area (Å²) in [4.78, 5) is 0. The molecule has 100 valence electrons. The molecule has 6 heteroatoms. The summed E-state index contributed by atoms with van der Waals surface area (Å²) in [7, 11) is 0. The van der Waals surface area contributed by atoms with Gasteiger partial charge in [-0.25, -0.2) is 0 Å². The molecule has 0 aliphatic heterocycles. The predicted molar refractivity (Wildman–Crippen MR) is 75.5 cm³/mol. The smallest absolute Gasteiger partial charge is 0.201 e. The molecule has 6 nitrogen and oxygen atoms in total. The van der Waals surface area contributed by atoms with Crippen molar-refractivity contribution in [2.75, 3.05) is 5.43 Å². The topological polar surface area (TPSA) is 107 Å². The number of hydrogen-bond donors (Lipinski definition) is 3. The molecule has 1 rings (SSSR count). The lowest BCUT2D eigenvalue weighted by atomic mass is 10.2. The molecule has 0 heterocycles. The Balaban J connectivity index is 3.02. The molecule has 0 atom stereocenters. The van der Waals surface area contributed by atoms with Crippen molar-refractivity contribution in [2.24, 2.45) is 10.8 Å². The van der Waals surface area contributed by atoms with E-state index in [0.717, 1.165) is 5.56 Å². The Morgan fingerprint density at radius 1 is 1.53 bits per heavy atom. The van der Waals surface area contributed by atoms with E-state index in [-0.39, 0.29) is 17.7 Å². The molecule has 1 aromatic rings. The van der Waals surface area contributed by atoms with Crippen molar-refractivity contribution in [3.05, 3.63) is 23.8 Å². The van der Waals surface area contributed by atoms with E-state index >= 15 is 0 Å². The Labute approximate surface area is 112 Å². The average molecular weight is 259 g/mol. The molecular weight excluding hydrogens is 242 g/mol. The molecule has 0 saturated heterocycles. The molecule has 0 radical (unpaired) electrons. The number of hydrogen-bond acceptors (Lipinski definition) is 5. The van der Waals surface area contributed by atoms with Crippen LogP contribution in [-0.4, -0.2) is 17.7 Å². The van der Waals surface area contributed by atoms with Gasteiger partial charge in [-0.1, -0.05) is 6.07 Å². The number of amidine groups is 1. The number of nitriles is 1. The number of hydrazone groups is 1. The maximum Gasteiger partial charge on any atom is 0.201 e.